The predicted molar refractivity (Wildman–Crippen MR) is 158 cm³/mol. The van der Waals surface area contributed by atoms with Crippen molar-refractivity contribution in [2.75, 3.05) is 39.8 Å². The van der Waals surface area contributed by atoms with Gasteiger partial charge in [-0.1, -0.05) is 51.1 Å². The van der Waals surface area contributed by atoms with Crippen LogP contribution in [0.4, 0.5) is 5.69 Å². The second kappa shape index (κ2) is 11.7. The van der Waals surface area contributed by atoms with E-state index in [2.05, 4.69) is 42.8 Å². The van der Waals surface area contributed by atoms with Gasteiger partial charge < -0.3 is 14.9 Å². The Balaban J connectivity index is 1.49. The van der Waals surface area contributed by atoms with Crippen molar-refractivity contribution in [3.63, 3.8) is 0 Å². The van der Waals surface area contributed by atoms with Gasteiger partial charge in [0, 0.05) is 54.5 Å². The fourth-order valence-electron chi connectivity index (χ4n) is 4.52. The summed E-state index contributed by atoms with van der Waals surface area (Å²) in [7, 11) is 1.96. The van der Waals surface area contributed by atoms with Crippen LogP contribution in [0.1, 0.15) is 59.5 Å². The van der Waals surface area contributed by atoms with Crippen LogP contribution in [0.15, 0.2) is 52.8 Å². The zero-order valence-corrected chi connectivity index (χ0v) is 24.2. The van der Waals surface area contributed by atoms with Crippen LogP contribution >= 0.6 is 11.3 Å². The summed E-state index contributed by atoms with van der Waals surface area (Å²) in [6, 6.07) is 12.0. The maximum atomic E-state index is 13.0. The number of likely N-dealkylation sites (N-methyl/N-ethyl adjacent to an activating group) is 1. The van der Waals surface area contributed by atoms with E-state index in [0.29, 0.717) is 42.3 Å². The summed E-state index contributed by atoms with van der Waals surface area (Å²) in [6.45, 7) is 10.2. The average Bonchev–Trinajstić information content (AvgIpc) is 3.32. The first kappa shape index (κ1) is 29.1. The molecule has 1 aliphatic rings. The number of nitrogens with zero attached hydrogens (tertiary/aromatic N) is 4. The molecule has 0 radical (unpaired) electrons. The lowest BCUT2D eigenvalue weighted by atomic mass is 9.86. The topological polar surface area (TPSA) is 116 Å². The van der Waals surface area contributed by atoms with Crippen molar-refractivity contribution >= 4 is 34.4 Å². The highest BCUT2D eigenvalue weighted by atomic mass is 32.1. The van der Waals surface area contributed by atoms with Gasteiger partial charge in [0.1, 0.15) is 17.9 Å². The molecule has 10 heteroatoms. The van der Waals surface area contributed by atoms with Crippen molar-refractivity contribution in [1.29, 1.82) is 0 Å². The monoisotopic (exact) mass is 562 g/mol. The maximum Gasteiger partial charge on any atom is 0.282 e. The summed E-state index contributed by atoms with van der Waals surface area (Å²) in [4.78, 5) is 45.8. The molecule has 0 spiro atoms. The molecule has 0 aliphatic carbocycles. The molecule has 9 nitrogen and oxygen atoms in total. The van der Waals surface area contributed by atoms with E-state index in [1.165, 1.54) is 29.0 Å². The first-order valence-corrected chi connectivity index (χ1v) is 14.0. The smallest absolute Gasteiger partial charge is 0.282 e. The molecule has 0 bridgehead atoms. The number of rotatable bonds is 7. The lowest BCUT2D eigenvalue weighted by molar-refractivity contribution is -0.385. The lowest BCUT2D eigenvalue weighted by Crippen LogP contribution is -2.47. The second-order valence-corrected chi connectivity index (χ2v) is 11.9. The minimum absolute atomic E-state index is 0.0257. The lowest BCUT2D eigenvalue weighted by Gasteiger charge is -2.32. The Bertz CT molecular complexity index is 1460. The summed E-state index contributed by atoms with van der Waals surface area (Å²) in [5, 5.41) is 24.5. The average molecular weight is 563 g/mol. The third-order valence-electron chi connectivity index (χ3n) is 7.16. The zero-order chi connectivity index (χ0) is 29.2. The van der Waals surface area contributed by atoms with Gasteiger partial charge in [0.25, 0.3) is 11.6 Å². The molecule has 2 aromatic carbocycles. The Morgan fingerprint density at radius 2 is 1.70 bits per heavy atom. The summed E-state index contributed by atoms with van der Waals surface area (Å²) in [5.74, 6) is -0.733. The highest BCUT2D eigenvalue weighted by Crippen LogP contribution is 2.39. The third-order valence-corrected chi connectivity index (χ3v) is 8.18. The molecule has 2 heterocycles. The summed E-state index contributed by atoms with van der Waals surface area (Å²) in [5.41, 5.74) is 2.81. The van der Waals surface area contributed by atoms with E-state index < -0.39 is 22.3 Å². The molecule has 1 N–H and O–H groups in total. The van der Waals surface area contributed by atoms with Gasteiger partial charge in [-0.3, -0.25) is 24.7 Å². The molecular formula is C30H34N4O5S. The van der Waals surface area contributed by atoms with Gasteiger partial charge in [-0.25, -0.2) is 0 Å². The molecule has 1 aromatic heterocycles. The number of thiophene rings is 1. The molecule has 0 unspecified atom stereocenters. The maximum absolute atomic E-state index is 13.0. The van der Waals surface area contributed by atoms with E-state index in [1.54, 1.807) is 17.2 Å². The van der Waals surface area contributed by atoms with Gasteiger partial charge in [0.05, 0.1) is 9.80 Å². The van der Waals surface area contributed by atoms with E-state index >= 15 is 0 Å². The van der Waals surface area contributed by atoms with Crippen molar-refractivity contribution in [3.8, 4) is 16.2 Å². The van der Waals surface area contributed by atoms with Gasteiger partial charge in [0.2, 0.25) is 0 Å². The number of amides is 1. The number of aliphatic imine (C=N–C) groups is 1. The number of nitro benzene ring substituents is 1. The molecule has 4 rings (SSSR count). The minimum Gasteiger partial charge on any atom is -0.506 e. The molecule has 3 aromatic rings. The highest BCUT2D eigenvalue weighted by Gasteiger charge is 2.28. The molecule has 210 valence electrons. The second-order valence-electron chi connectivity index (χ2n) is 11.1. The number of carbonyl (C=O) groups is 2. The van der Waals surface area contributed by atoms with Crippen LogP contribution in [0.25, 0.3) is 10.4 Å². The van der Waals surface area contributed by atoms with E-state index in [0.717, 1.165) is 11.6 Å². The van der Waals surface area contributed by atoms with E-state index in [4.69, 9.17) is 0 Å². The highest BCUT2D eigenvalue weighted by molar-refractivity contribution is 7.14. The van der Waals surface area contributed by atoms with E-state index in [9.17, 15) is 24.8 Å². The first-order valence-electron chi connectivity index (χ1n) is 13.1. The van der Waals surface area contributed by atoms with Gasteiger partial charge >= 0.3 is 0 Å². The van der Waals surface area contributed by atoms with Crippen molar-refractivity contribution in [2.45, 2.75) is 33.1 Å². The SMILES string of the molecule is CC(=NCC(=O)c1ccc(C(=O)N2CCN(C)CC2)c([N+](=O)[O-])c1)c1csc(-c2ccc(C(C)(C)C)cc2)c1O. The number of ketones is 1. The van der Waals surface area contributed by atoms with Gasteiger partial charge in [-0.15, -0.1) is 11.3 Å². The fraction of sp³-hybridized carbons (Fsp3) is 0.367. The van der Waals surface area contributed by atoms with E-state index in [1.807, 2.05) is 19.2 Å². The number of aromatic hydroxyl groups is 1. The predicted octanol–water partition coefficient (Wildman–Crippen LogP) is 5.41. The quantitative estimate of drug-likeness (QED) is 0.178. The Morgan fingerprint density at radius 3 is 2.30 bits per heavy atom. The van der Waals surface area contributed by atoms with Crippen LogP contribution in [0.2, 0.25) is 0 Å². The van der Waals surface area contributed by atoms with Crippen LogP contribution in [0.5, 0.6) is 5.75 Å². The largest absolute Gasteiger partial charge is 0.506 e. The summed E-state index contributed by atoms with van der Waals surface area (Å²) < 4.78 is 0. The standard InChI is InChI=1S/C30H34N4O5S/c1-19(24-18-40-28(27(24)36)20-6-9-22(10-7-20)30(2,3)4)31-17-26(35)21-8-11-23(25(16-21)34(38)39)29(37)33-14-12-32(5)13-15-33/h6-11,16,18,36H,12-15,17H2,1-5H3. The van der Waals surface area contributed by atoms with Crippen molar-refractivity contribution in [1.82, 2.24) is 9.80 Å². The van der Waals surface area contributed by atoms with Gasteiger partial charge in [-0.05, 0) is 36.6 Å². The van der Waals surface area contributed by atoms with Crippen LogP contribution in [-0.4, -0.2) is 77.0 Å². The molecule has 0 saturated carbocycles. The van der Waals surface area contributed by atoms with Gasteiger partial charge in [-0.2, -0.15) is 0 Å². The molecular weight excluding hydrogens is 528 g/mol. The number of nitro groups is 1. The Morgan fingerprint density at radius 1 is 1.05 bits per heavy atom. The van der Waals surface area contributed by atoms with Crippen molar-refractivity contribution in [3.05, 3.63) is 80.2 Å². The number of Topliss-reactive ketones (excluding diaryl/α,β-unsaturated/α-hetero) is 1. The molecule has 1 aliphatic heterocycles. The Hall–Kier alpha value is -3.89. The van der Waals surface area contributed by atoms with Crippen molar-refractivity contribution < 1.29 is 19.6 Å². The number of hydrogen-bond acceptors (Lipinski definition) is 8. The van der Waals surface area contributed by atoms with Crippen LogP contribution in [0.3, 0.4) is 0 Å². The molecule has 1 amide bonds. The number of benzene rings is 2. The Labute approximate surface area is 237 Å². The van der Waals surface area contributed by atoms with E-state index in [-0.39, 0.29) is 28.8 Å². The van der Waals surface area contributed by atoms with Crippen LogP contribution in [-0.2, 0) is 5.41 Å². The normalized spacial score (nSPS) is 14.8. The van der Waals surface area contributed by atoms with Crippen molar-refractivity contribution in [2.24, 2.45) is 4.99 Å². The third kappa shape index (κ3) is 6.29. The molecule has 1 saturated heterocycles. The number of hydrogen-bond donors (Lipinski definition) is 1. The minimum atomic E-state index is -0.631. The van der Waals surface area contributed by atoms with Crippen LogP contribution < -0.4 is 0 Å². The molecule has 40 heavy (non-hydrogen) atoms. The fourth-order valence-corrected chi connectivity index (χ4v) is 5.53. The summed E-state index contributed by atoms with van der Waals surface area (Å²) in [6.07, 6.45) is 0. The number of piperazine rings is 1. The van der Waals surface area contributed by atoms with Crippen LogP contribution in [0, 0.1) is 10.1 Å². The number of carbonyl (C=O) groups excluding carboxylic acids is 2. The zero-order valence-electron chi connectivity index (χ0n) is 23.4. The summed E-state index contributed by atoms with van der Waals surface area (Å²) >= 11 is 1.39. The Kier molecular flexibility index (Phi) is 8.51. The van der Waals surface area contributed by atoms with Gasteiger partial charge in [0.15, 0.2) is 5.78 Å². The molecule has 1 fully saturated rings. The first-order chi connectivity index (χ1) is 18.9. The molecule has 0 atom stereocenters.